The van der Waals surface area contributed by atoms with Crippen molar-refractivity contribution >= 4 is 90.8 Å². The van der Waals surface area contributed by atoms with Crippen LogP contribution in [-0.4, -0.2) is 38.6 Å². The van der Waals surface area contributed by atoms with Gasteiger partial charge in [-0.2, -0.15) is 17.5 Å². The van der Waals surface area contributed by atoms with E-state index in [-0.39, 0.29) is 6.10 Å². The molecule has 6 heterocycles. The van der Waals surface area contributed by atoms with E-state index in [9.17, 15) is 0 Å². The molecule has 5 atom stereocenters. The molecule has 0 amide bonds. The van der Waals surface area contributed by atoms with E-state index >= 15 is 0 Å². The summed E-state index contributed by atoms with van der Waals surface area (Å²) < 4.78 is 44.6. The molecule has 13 heteroatoms. The molecule has 9 rings (SSSR count). The van der Waals surface area contributed by atoms with E-state index in [2.05, 4.69) is 22.6 Å². The predicted octanol–water partition coefficient (Wildman–Crippen LogP) is 7.25. The Morgan fingerprint density at radius 3 is 2.19 bits per heavy atom. The molecule has 3 aromatic heterocycles. The number of aromatic nitrogens is 2. The number of thiophene rings is 2. The largest absolute Gasteiger partial charge is 0.485 e. The van der Waals surface area contributed by atoms with Crippen LogP contribution in [0.15, 0.2) is 19.5 Å². The van der Waals surface area contributed by atoms with Crippen LogP contribution in [0.25, 0.3) is 31.9 Å². The van der Waals surface area contributed by atoms with Crippen LogP contribution in [0, 0.1) is 17.8 Å². The van der Waals surface area contributed by atoms with Gasteiger partial charge in [0.05, 0.1) is 44.0 Å². The molecule has 5 aliphatic rings. The molecule has 2 saturated carbocycles. The van der Waals surface area contributed by atoms with Gasteiger partial charge in [-0.25, -0.2) is 0 Å². The van der Waals surface area contributed by atoms with Gasteiger partial charge < -0.3 is 18.9 Å². The highest BCUT2D eigenvalue weighted by Crippen LogP contribution is 2.62. The molecule has 37 heavy (non-hydrogen) atoms. The van der Waals surface area contributed by atoms with E-state index in [0.717, 1.165) is 78.1 Å². The van der Waals surface area contributed by atoms with Gasteiger partial charge in [0.15, 0.2) is 23.0 Å². The van der Waals surface area contributed by atoms with Gasteiger partial charge >= 0.3 is 0 Å². The molecule has 2 aliphatic carbocycles. The molecule has 0 radical (unpaired) electrons. The van der Waals surface area contributed by atoms with Crippen molar-refractivity contribution in [1.29, 1.82) is 0 Å². The number of rotatable bonds is 3. The summed E-state index contributed by atoms with van der Waals surface area (Å²) in [6.07, 6.45) is 2.75. The van der Waals surface area contributed by atoms with Crippen LogP contribution in [0.3, 0.4) is 0 Å². The Morgan fingerprint density at radius 1 is 0.811 bits per heavy atom. The van der Waals surface area contributed by atoms with Gasteiger partial charge in [-0.05, 0) is 24.7 Å². The van der Waals surface area contributed by atoms with Gasteiger partial charge in [-0.3, -0.25) is 0 Å². The molecular weight excluding hydrogens is 663 g/mol. The van der Waals surface area contributed by atoms with Gasteiger partial charge in [0, 0.05) is 20.6 Å². The number of nitrogens with zero attached hydrogens (tertiary/aromatic N) is 4. The minimum Gasteiger partial charge on any atom is -0.485 e. The molecular formula is C24H17IN4O4S4. The van der Waals surface area contributed by atoms with Crippen LogP contribution >= 0.6 is 57.0 Å². The summed E-state index contributed by atoms with van der Waals surface area (Å²) in [4.78, 5) is 1.95. The number of ether oxygens (including phenoxy) is 4. The summed E-state index contributed by atoms with van der Waals surface area (Å²) in [5, 5.41) is 4.03. The molecule has 0 spiro atoms. The first kappa shape index (κ1) is 22.1. The molecule has 8 nitrogen and oxygen atoms in total. The first-order valence-electron chi connectivity index (χ1n) is 12.1. The van der Waals surface area contributed by atoms with Crippen LogP contribution in [-0.2, 0) is 11.4 Å². The van der Waals surface area contributed by atoms with Gasteiger partial charge in [-0.15, -0.1) is 22.7 Å². The molecule has 4 aromatic rings. The van der Waals surface area contributed by atoms with E-state index < -0.39 is 0 Å². The smallest absolute Gasteiger partial charge is 0.180 e. The lowest BCUT2D eigenvalue weighted by molar-refractivity contribution is -0.0877. The van der Waals surface area contributed by atoms with Gasteiger partial charge in [0.25, 0.3) is 0 Å². The van der Waals surface area contributed by atoms with E-state index in [4.69, 9.17) is 36.4 Å². The summed E-state index contributed by atoms with van der Waals surface area (Å²) in [5.41, 5.74) is 5.06. The van der Waals surface area contributed by atoms with Crippen molar-refractivity contribution in [2.75, 3.05) is 19.8 Å². The van der Waals surface area contributed by atoms with E-state index in [1.165, 1.54) is 35.9 Å². The second kappa shape index (κ2) is 8.10. The number of alkyl halides is 1. The summed E-state index contributed by atoms with van der Waals surface area (Å²) in [6, 6.07) is 0. The Hall–Kier alpha value is -1.81. The van der Waals surface area contributed by atoms with Crippen molar-refractivity contribution in [2.24, 2.45) is 26.5 Å². The summed E-state index contributed by atoms with van der Waals surface area (Å²) in [7, 11) is 0. The fraction of sp³-hybridized carbons (Fsp3) is 0.417. The van der Waals surface area contributed by atoms with E-state index in [1.807, 2.05) is 10.8 Å². The van der Waals surface area contributed by atoms with Crippen molar-refractivity contribution in [3.8, 4) is 43.9 Å². The number of benzene rings is 1. The second-order valence-electron chi connectivity index (χ2n) is 9.78. The molecule has 0 N–H and O–H groups in total. The molecule has 1 aromatic carbocycles. The summed E-state index contributed by atoms with van der Waals surface area (Å²) in [5.74, 6) is 5.34. The van der Waals surface area contributed by atoms with Crippen LogP contribution < -0.4 is 18.9 Å². The third-order valence-corrected chi connectivity index (χ3v) is 12.9. The number of hydrogen-bond donors (Lipinski definition) is 0. The Balaban J connectivity index is 1.20. The number of halogens is 1. The average Bonchev–Trinajstić information content (AvgIpc) is 3.71. The maximum absolute atomic E-state index is 6.77. The van der Waals surface area contributed by atoms with Crippen molar-refractivity contribution in [1.82, 2.24) is 8.75 Å². The highest BCUT2D eigenvalue weighted by atomic mass is 127. The van der Waals surface area contributed by atoms with Crippen molar-refractivity contribution < 1.29 is 18.9 Å². The van der Waals surface area contributed by atoms with E-state index in [1.54, 1.807) is 22.7 Å². The third-order valence-electron chi connectivity index (χ3n) is 8.15. The van der Waals surface area contributed by atoms with Crippen LogP contribution in [0.5, 0.6) is 23.0 Å². The zero-order chi connectivity index (χ0) is 24.2. The molecule has 188 valence electrons. The normalized spacial score (nSPS) is 28.3. The monoisotopic (exact) mass is 680 g/mol. The highest BCUT2D eigenvalue weighted by Gasteiger charge is 2.58. The highest BCUT2D eigenvalue weighted by molar-refractivity contribution is 14.1. The summed E-state index contributed by atoms with van der Waals surface area (Å²) >= 11 is 8.23. The first-order valence-corrected chi connectivity index (χ1v) is 16.6. The molecule has 3 aliphatic heterocycles. The van der Waals surface area contributed by atoms with Crippen molar-refractivity contribution in [3.05, 3.63) is 10.8 Å². The zero-order valence-corrected chi connectivity index (χ0v) is 24.4. The Labute approximate surface area is 240 Å². The lowest BCUT2D eigenvalue weighted by Crippen LogP contribution is -2.61. The first-order chi connectivity index (χ1) is 18.3. The molecule has 0 bridgehead atoms. The van der Waals surface area contributed by atoms with Crippen molar-refractivity contribution in [2.45, 2.75) is 22.9 Å². The Morgan fingerprint density at radius 2 is 1.49 bits per heavy atom. The minimum absolute atomic E-state index is 0.0754. The van der Waals surface area contributed by atoms with Crippen LogP contribution in [0.2, 0.25) is 0 Å². The number of hydrogen-bond acceptors (Lipinski definition) is 11. The number of fused-ring (bicyclic) bond motifs is 5. The van der Waals surface area contributed by atoms with Gasteiger partial charge in [-0.1, -0.05) is 22.6 Å². The molecule has 5 unspecified atom stereocenters. The zero-order valence-electron chi connectivity index (χ0n) is 19.0. The maximum Gasteiger partial charge on any atom is 0.180 e. The third kappa shape index (κ3) is 2.97. The second-order valence-corrected chi connectivity index (χ2v) is 14.0. The quantitative estimate of drug-likeness (QED) is 0.148. The maximum atomic E-state index is 6.77. The standard InChI is InChI=1S/C24H17IN4O4S4/c25-16-9-2-1-8(9)13(16)10-5-32-12-7-35-24(22(12)33-10)15-19-17(26-36-28-19)14(18-20(15)29-37-27-18)23-21-11(6-34-23)30-3-4-31-21/h6-10,13,16H,1-5H2. The Kier molecular flexibility index (Phi) is 4.83. The predicted molar refractivity (Wildman–Crippen MR) is 154 cm³/mol. The van der Waals surface area contributed by atoms with Gasteiger partial charge in [0.1, 0.15) is 48.3 Å². The minimum atomic E-state index is 0.0754. The lowest BCUT2D eigenvalue weighted by Gasteiger charge is -2.59. The van der Waals surface area contributed by atoms with Crippen LogP contribution in [0.1, 0.15) is 12.8 Å². The molecule has 2 fully saturated rings. The van der Waals surface area contributed by atoms with Gasteiger partial charge in [0.2, 0.25) is 0 Å². The van der Waals surface area contributed by atoms with Crippen molar-refractivity contribution in [3.63, 3.8) is 0 Å². The average molecular weight is 681 g/mol. The van der Waals surface area contributed by atoms with E-state index in [0.29, 0.717) is 29.7 Å². The molecule has 0 saturated heterocycles. The summed E-state index contributed by atoms with van der Waals surface area (Å²) in [6.45, 7) is 1.69. The Bertz CT molecular complexity index is 1690. The lowest BCUT2D eigenvalue weighted by atomic mass is 9.52. The fourth-order valence-electron chi connectivity index (χ4n) is 6.27. The van der Waals surface area contributed by atoms with Crippen LogP contribution in [0.4, 0.5) is 11.4 Å². The topological polar surface area (TPSA) is 87.4 Å². The fourth-order valence-corrected chi connectivity index (χ4v) is 11.2. The SMILES string of the molecule is IC1C2CCC2C1C1COc2csc(-c3c4c(c(-c5scc6c5OCCO6)c5nsnc35)N=S=N4)c2O1.